The number of carboxylic acid groups (broad SMARTS) is 1. The molecule has 1 aromatic heterocycles. The molecule has 1 amide bonds. The Morgan fingerprint density at radius 1 is 1.47 bits per heavy atom. The molecule has 0 atom stereocenters. The molecule has 0 bridgehead atoms. The lowest BCUT2D eigenvalue weighted by Gasteiger charge is -2.34. The third kappa shape index (κ3) is 2.21. The molecule has 1 fully saturated rings. The number of rotatable bonds is 3. The van der Waals surface area contributed by atoms with Crippen LogP contribution in [-0.2, 0) is 7.05 Å². The SMILES string of the molecule is Cn1c(O[C@H]2C[C@H](NC(=O)O)C2)nc2ccccc21. The van der Waals surface area contributed by atoms with Crippen LogP contribution in [0.25, 0.3) is 11.0 Å². The van der Waals surface area contributed by atoms with Gasteiger partial charge in [-0.25, -0.2) is 4.79 Å². The van der Waals surface area contributed by atoms with E-state index in [1.807, 2.05) is 35.9 Å². The molecule has 100 valence electrons. The fraction of sp³-hybridized carbons (Fsp3) is 0.385. The highest BCUT2D eigenvalue weighted by Gasteiger charge is 2.33. The van der Waals surface area contributed by atoms with Crippen LogP contribution in [0.4, 0.5) is 4.79 Å². The van der Waals surface area contributed by atoms with E-state index in [9.17, 15) is 4.79 Å². The molecule has 19 heavy (non-hydrogen) atoms. The normalized spacial score (nSPS) is 21.9. The van der Waals surface area contributed by atoms with Crippen molar-refractivity contribution in [2.45, 2.75) is 25.0 Å². The maximum Gasteiger partial charge on any atom is 0.404 e. The first kappa shape index (κ1) is 11.8. The average molecular weight is 261 g/mol. The summed E-state index contributed by atoms with van der Waals surface area (Å²) in [5.74, 6) is 0. The van der Waals surface area contributed by atoms with E-state index in [1.54, 1.807) is 0 Å². The van der Waals surface area contributed by atoms with Gasteiger partial charge in [0.1, 0.15) is 6.10 Å². The highest BCUT2D eigenvalue weighted by molar-refractivity contribution is 5.76. The number of nitrogens with zero attached hydrogens (tertiary/aromatic N) is 2. The van der Waals surface area contributed by atoms with Crippen LogP contribution in [0.5, 0.6) is 6.01 Å². The Hall–Kier alpha value is -2.24. The van der Waals surface area contributed by atoms with Crippen molar-refractivity contribution in [2.75, 3.05) is 0 Å². The summed E-state index contributed by atoms with van der Waals surface area (Å²) >= 11 is 0. The summed E-state index contributed by atoms with van der Waals surface area (Å²) in [6.45, 7) is 0. The zero-order valence-electron chi connectivity index (χ0n) is 10.5. The van der Waals surface area contributed by atoms with Crippen LogP contribution in [0.2, 0.25) is 0 Å². The molecule has 1 aliphatic carbocycles. The second-order valence-corrected chi connectivity index (χ2v) is 4.80. The summed E-state index contributed by atoms with van der Waals surface area (Å²) in [6, 6.07) is 8.42. The summed E-state index contributed by atoms with van der Waals surface area (Å²) in [4.78, 5) is 14.9. The lowest BCUT2D eigenvalue weighted by molar-refractivity contribution is 0.0726. The lowest BCUT2D eigenvalue weighted by Crippen LogP contribution is -2.48. The van der Waals surface area contributed by atoms with E-state index in [2.05, 4.69) is 10.3 Å². The van der Waals surface area contributed by atoms with E-state index in [0.717, 1.165) is 11.0 Å². The van der Waals surface area contributed by atoms with Gasteiger partial charge in [0.15, 0.2) is 0 Å². The summed E-state index contributed by atoms with van der Waals surface area (Å²) < 4.78 is 7.71. The minimum absolute atomic E-state index is 0.00261. The monoisotopic (exact) mass is 261 g/mol. The number of hydrogen-bond acceptors (Lipinski definition) is 3. The molecular formula is C13H15N3O3. The lowest BCUT2D eigenvalue weighted by atomic mass is 9.89. The van der Waals surface area contributed by atoms with Gasteiger partial charge in [0.25, 0.3) is 6.01 Å². The molecule has 1 heterocycles. The van der Waals surface area contributed by atoms with Crippen molar-refractivity contribution in [3.8, 4) is 6.01 Å². The minimum Gasteiger partial charge on any atom is -0.465 e. The molecular weight excluding hydrogens is 246 g/mol. The number of carbonyl (C=O) groups is 1. The van der Waals surface area contributed by atoms with E-state index in [4.69, 9.17) is 9.84 Å². The topological polar surface area (TPSA) is 76.4 Å². The highest BCUT2D eigenvalue weighted by Crippen LogP contribution is 2.27. The van der Waals surface area contributed by atoms with E-state index < -0.39 is 6.09 Å². The molecule has 0 unspecified atom stereocenters. The van der Waals surface area contributed by atoms with Crippen LogP contribution >= 0.6 is 0 Å². The van der Waals surface area contributed by atoms with E-state index >= 15 is 0 Å². The number of benzene rings is 1. The van der Waals surface area contributed by atoms with Crippen LogP contribution in [0.15, 0.2) is 24.3 Å². The number of aromatic nitrogens is 2. The minimum atomic E-state index is -0.980. The number of aryl methyl sites for hydroxylation is 1. The highest BCUT2D eigenvalue weighted by atomic mass is 16.5. The van der Waals surface area contributed by atoms with Gasteiger partial charge in [-0.3, -0.25) is 4.57 Å². The molecule has 0 radical (unpaired) electrons. The molecule has 0 saturated heterocycles. The maximum atomic E-state index is 10.5. The Kier molecular flexibility index (Phi) is 2.77. The predicted octanol–water partition coefficient (Wildman–Crippen LogP) is 1.75. The molecule has 1 aliphatic rings. The van der Waals surface area contributed by atoms with Gasteiger partial charge in [0, 0.05) is 25.9 Å². The molecule has 2 N–H and O–H groups in total. The number of nitrogens with one attached hydrogen (secondary N) is 1. The van der Waals surface area contributed by atoms with Gasteiger partial charge < -0.3 is 15.2 Å². The van der Waals surface area contributed by atoms with Crippen molar-refractivity contribution in [1.29, 1.82) is 0 Å². The summed E-state index contributed by atoms with van der Waals surface area (Å²) in [6.07, 6.45) is 0.434. The molecule has 1 saturated carbocycles. The Bertz CT molecular complexity index is 617. The van der Waals surface area contributed by atoms with Gasteiger partial charge in [-0.1, -0.05) is 12.1 Å². The molecule has 2 aromatic rings. The summed E-state index contributed by atoms with van der Waals surface area (Å²) in [5, 5.41) is 11.0. The Morgan fingerprint density at radius 2 is 2.21 bits per heavy atom. The van der Waals surface area contributed by atoms with Crippen molar-refractivity contribution in [1.82, 2.24) is 14.9 Å². The van der Waals surface area contributed by atoms with E-state index in [0.29, 0.717) is 18.9 Å². The Morgan fingerprint density at radius 3 is 2.89 bits per heavy atom. The standard InChI is InChI=1S/C13H15N3O3/c1-16-11-5-3-2-4-10(11)15-12(16)19-9-6-8(7-9)14-13(17)18/h2-5,8-9,14H,6-7H2,1H3,(H,17,18)/t8-,9-. The number of amides is 1. The van der Waals surface area contributed by atoms with Gasteiger partial charge in [-0.05, 0) is 12.1 Å². The van der Waals surface area contributed by atoms with E-state index in [1.165, 1.54) is 0 Å². The van der Waals surface area contributed by atoms with Crippen LogP contribution in [0.3, 0.4) is 0 Å². The number of hydrogen-bond donors (Lipinski definition) is 2. The maximum absolute atomic E-state index is 10.5. The smallest absolute Gasteiger partial charge is 0.404 e. The second-order valence-electron chi connectivity index (χ2n) is 4.80. The summed E-state index contributed by atoms with van der Waals surface area (Å²) in [5.41, 5.74) is 1.93. The first-order valence-electron chi connectivity index (χ1n) is 6.21. The number of fused-ring (bicyclic) bond motifs is 1. The fourth-order valence-corrected chi connectivity index (χ4v) is 2.33. The zero-order valence-corrected chi connectivity index (χ0v) is 10.5. The number of para-hydroxylation sites is 2. The van der Waals surface area contributed by atoms with Crippen molar-refractivity contribution in [3.05, 3.63) is 24.3 Å². The second kappa shape index (κ2) is 4.46. The number of imidazole rings is 1. The Balaban J connectivity index is 1.67. The van der Waals surface area contributed by atoms with Crippen LogP contribution < -0.4 is 10.1 Å². The molecule has 6 heteroatoms. The predicted molar refractivity (Wildman–Crippen MR) is 69.3 cm³/mol. The van der Waals surface area contributed by atoms with Crippen molar-refractivity contribution < 1.29 is 14.6 Å². The van der Waals surface area contributed by atoms with Crippen molar-refractivity contribution >= 4 is 17.1 Å². The van der Waals surface area contributed by atoms with Gasteiger partial charge in [0.2, 0.25) is 0 Å². The van der Waals surface area contributed by atoms with Gasteiger partial charge >= 0.3 is 6.09 Å². The largest absolute Gasteiger partial charge is 0.465 e. The van der Waals surface area contributed by atoms with Crippen molar-refractivity contribution in [3.63, 3.8) is 0 Å². The van der Waals surface area contributed by atoms with Crippen LogP contribution in [-0.4, -0.2) is 32.9 Å². The molecule has 0 spiro atoms. The molecule has 0 aliphatic heterocycles. The quantitative estimate of drug-likeness (QED) is 0.882. The first-order chi connectivity index (χ1) is 9.13. The van der Waals surface area contributed by atoms with Gasteiger partial charge in [-0.15, -0.1) is 0 Å². The fourth-order valence-electron chi connectivity index (χ4n) is 2.33. The molecule has 6 nitrogen and oxygen atoms in total. The van der Waals surface area contributed by atoms with Crippen LogP contribution in [0, 0.1) is 0 Å². The Labute approximate surface area is 110 Å². The zero-order chi connectivity index (χ0) is 13.4. The molecule has 3 rings (SSSR count). The number of ether oxygens (including phenoxy) is 1. The average Bonchev–Trinajstić information content (AvgIpc) is 2.64. The third-order valence-corrected chi connectivity index (χ3v) is 3.44. The molecule has 1 aromatic carbocycles. The van der Waals surface area contributed by atoms with Crippen LogP contribution in [0.1, 0.15) is 12.8 Å². The summed E-state index contributed by atoms with van der Waals surface area (Å²) in [7, 11) is 1.91. The van der Waals surface area contributed by atoms with Crippen molar-refractivity contribution in [2.24, 2.45) is 7.05 Å². The first-order valence-corrected chi connectivity index (χ1v) is 6.21. The van der Waals surface area contributed by atoms with Gasteiger partial charge in [-0.2, -0.15) is 4.98 Å². The third-order valence-electron chi connectivity index (χ3n) is 3.44. The van der Waals surface area contributed by atoms with E-state index in [-0.39, 0.29) is 12.1 Å². The van der Waals surface area contributed by atoms with Gasteiger partial charge in [0.05, 0.1) is 11.0 Å².